The van der Waals surface area contributed by atoms with E-state index in [1.807, 2.05) is 44.2 Å². The second kappa shape index (κ2) is 12.0. The van der Waals surface area contributed by atoms with E-state index in [1.165, 1.54) is 7.11 Å². The Balaban J connectivity index is 1.45. The first-order valence-corrected chi connectivity index (χ1v) is 14.8. The number of benzene rings is 2. The Morgan fingerprint density at radius 1 is 1.12 bits per heavy atom. The van der Waals surface area contributed by atoms with Crippen LogP contribution in [-0.2, 0) is 0 Å². The summed E-state index contributed by atoms with van der Waals surface area (Å²) in [6.45, 7) is 3.79. The molecule has 0 spiro atoms. The van der Waals surface area contributed by atoms with Gasteiger partial charge in [0, 0.05) is 32.5 Å². The molecule has 0 bridgehead atoms. The van der Waals surface area contributed by atoms with E-state index in [4.69, 9.17) is 9.72 Å². The van der Waals surface area contributed by atoms with Crippen molar-refractivity contribution >= 4 is 53.9 Å². The molecule has 0 saturated heterocycles. The first-order chi connectivity index (χ1) is 19.2. The smallest absolute Gasteiger partial charge is 0.251 e. The predicted molar refractivity (Wildman–Crippen MR) is 165 cm³/mol. The molecule has 1 N–H and O–H groups in total. The van der Waals surface area contributed by atoms with Gasteiger partial charge >= 0.3 is 0 Å². The van der Waals surface area contributed by atoms with Crippen LogP contribution in [0.4, 0.5) is 8.78 Å². The van der Waals surface area contributed by atoms with E-state index in [0.717, 1.165) is 43.9 Å². The van der Waals surface area contributed by atoms with Crippen LogP contribution in [-0.4, -0.2) is 41.2 Å². The van der Waals surface area contributed by atoms with Crippen molar-refractivity contribution in [2.75, 3.05) is 13.7 Å². The third-order valence-electron chi connectivity index (χ3n) is 7.13. The molecular weight excluding hydrogens is 644 g/mol. The molecule has 4 aromatic rings. The van der Waals surface area contributed by atoms with Crippen LogP contribution in [0.2, 0.25) is 0 Å². The summed E-state index contributed by atoms with van der Waals surface area (Å²) in [5.74, 6) is -0.845. The Morgan fingerprint density at radius 3 is 2.48 bits per heavy atom. The highest BCUT2D eigenvalue weighted by Gasteiger charge is 2.29. The molecule has 10 heteroatoms. The summed E-state index contributed by atoms with van der Waals surface area (Å²) in [6.07, 6.45) is -0.581. The third-order valence-corrected chi connectivity index (χ3v) is 8.65. The van der Waals surface area contributed by atoms with E-state index in [0.29, 0.717) is 28.4 Å². The zero-order valence-electron chi connectivity index (χ0n) is 22.4. The van der Waals surface area contributed by atoms with Crippen LogP contribution in [0.15, 0.2) is 48.5 Å². The van der Waals surface area contributed by atoms with Gasteiger partial charge in [-0.25, -0.2) is 8.78 Å². The van der Waals surface area contributed by atoms with Gasteiger partial charge in [-0.3, -0.25) is 9.78 Å². The number of nitrogens with one attached hydrogen (secondary N) is 1. The van der Waals surface area contributed by atoms with Gasteiger partial charge in [-0.1, -0.05) is 38.1 Å². The number of nitrogens with zero attached hydrogens (tertiary/aromatic N) is 3. The van der Waals surface area contributed by atoms with Gasteiger partial charge < -0.3 is 10.1 Å². The van der Waals surface area contributed by atoms with Gasteiger partial charge in [0.2, 0.25) is 6.43 Å². The zero-order chi connectivity index (χ0) is 28.6. The minimum atomic E-state index is -2.72. The fourth-order valence-electron chi connectivity index (χ4n) is 4.65. The summed E-state index contributed by atoms with van der Waals surface area (Å²) < 4.78 is 35.4. The number of alkyl halides is 2. The van der Waals surface area contributed by atoms with E-state index in [9.17, 15) is 13.6 Å². The van der Waals surface area contributed by atoms with Crippen molar-refractivity contribution in [3.8, 4) is 17.0 Å². The standard InChI is InChI=1S/C30H30F2IN4O2P/c1-15(2)21-13-24(35-28(26(21)33)17-6-8-20(40)9-7-17)22(29(31)32)14-34-30(38)19-10-18-11-23(16-4-5-16)36-37-27(18)25(12-19)39-3/h6-13,15-16,22,29H,4-5,14,40H2,1-3H3,(H,34,38)/t22-/m1/s1. The van der Waals surface area contributed by atoms with Crippen LogP contribution in [0.1, 0.15) is 71.8 Å². The van der Waals surface area contributed by atoms with Crippen LogP contribution in [0.3, 0.4) is 0 Å². The van der Waals surface area contributed by atoms with Crippen molar-refractivity contribution in [1.82, 2.24) is 20.5 Å². The highest BCUT2D eigenvalue weighted by atomic mass is 127. The van der Waals surface area contributed by atoms with Crippen molar-refractivity contribution in [2.45, 2.75) is 50.9 Å². The lowest BCUT2D eigenvalue weighted by atomic mass is 9.96. The average molecular weight is 674 g/mol. The maximum absolute atomic E-state index is 14.5. The molecule has 40 heavy (non-hydrogen) atoms. The van der Waals surface area contributed by atoms with E-state index in [2.05, 4.69) is 47.3 Å². The van der Waals surface area contributed by atoms with Gasteiger partial charge in [0.15, 0.2) is 0 Å². The highest BCUT2D eigenvalue weighted by Crippen LogP contribution is 2.40. The number of ether oxygens (including phenoxy) is 1. The quantitative estimate of drug-likeness (QED) is 0.160. The number of carbonyl (C=O) groups is 1. The molecule has 2 aromatic carbocycles. The number of aromatic nitrogens is 3. The van der Waals surface area contributed by atoms with Gasteiger partial charge in [-0.2, -0.15) is 5.10 Å². The molecule has 2 aromatic heterocycles. The maximum atomic E-state index is 14.5. The van der Waals surface area contributed by atoms with E-state index < -0.39 is 18.3 Å². The summed E-state index contributed by atoms with van der Waals surface area (Å²) in [5, 5.41) is 13.1. The lowest BCUT2D eigenvalue weighted by Gasteiger charge is -2.21. The summed E-state index contributed by atoms with van der Waals surface area (Å²) in [6, 6.07) is 14.7. The van der Waals surface area contributed by atoms with E-state index in [1.54, 1.807) is 18.2 Å². The number of hydrogen-bond donors (Lipinski definition) is 1. The fourth-order valence-corrected chi connectivity index (χ4v) is 6.05. The molecule has 6 nitrogen and oxygen atoms in total. The summed E-state index contributed by atoms with van der Waals surface area (Å²) in [4.78, 5) is 17.9. The van der Waals surface area contributed by atoms with Crippen molar-refractivity contribution in [3.05, 3.63) is 74.6 Å². The number of fused-ring (bicyclic) bond motifs is 1. The molecular formula is C30H30F2IN4O2P. The number of amides is 1. The Hall–Kier alpha value is -2.78. The lowest BCUT2D eigenvalue weighted by Crippen LogP contribution is -2.32. The first kappa shape index (κ1) is 28.7. The average Bonchev–Trinajstić information content (AvgIpc) is 3.78. The van der Waals surface area contributed by atoms with Gasteiger partial charge in [-0.15, -0.1) is 14.3 Å². The molecule has 208 valence electrons. The molecule has 0 aliphatic heterocycles. The van der Waals surface area contributed by atoms with E-state index in [-0.39, 0.29) is 18.2 Å². The normalized spacial score (nSPS) is 14.1. The number of pyridine rings is 1. The molecule has 2 heterocycles. The largest absolute Gasteiger partial charge is 0.494 e. The second-order valence-electron chi connectivity index (χ2n) is 10.4. The number of rotatable bonds is 9. The monoisotopic (exact) mass is 674 g/mol. The third kappa shape index (κ3) is 6.10. The number of carbonyl (C=O) groups excluding carboxylic acids is 1. The molecule has 1 unspecified atom stereocenters. The van der Waals surface area contributed by atoms with Gasteiger partial charge in [0.05, 0.1) is 30.1 Å². The minimum absolute atomic E-state index is 0.106. The Kier molecular flexibility index (Phi) is 8.61. The summed E-state index contributed by atoms with van der Waals surface area (Å²) in [5.41, 5.74) is 4.47. The topological polar surface area (TPSA) is 77.0 Å². The number of halogens is 3. The van der Waals surface area contributed by atoms with Gasteiger partial charge in [-0.05, 0) is 76.5 Å². The lowest BCUT2D eigenvalue weighted by molar-refractivity contribution is 0.0898. The molecule has 2 atom stereocenters. The summed E-state index contributed by atoms with van der Waals surface area (Å²) in [7, 11) is 4.14. The molecule has 1 aliphatic rings. The van der Waals surface area contributed by atoms with Crippen molar-refractivity contribution < 1.29 is 18.3 Å². The molecule has 0 radical (unpaired) electrons. The van der Waals surface area contributed by atoms with Crippen LogP contribution < -0.4 is 15.4 Å². The zero-order valence-corrected chi connectivity index (χ0v) is 25.7. The van der Waals surface area contributed by atoms with Gasteiger partial charge in [0.1, 0.15) is 11.3 Å². The number of hydrogen-bond acceptors (Lipinski definition) is 5. The van der Waals surface area contributed by atoms with Crippen molar-refractivity contribution in [2.24, 2.45) is 0 Å². The van der Waals surface area contributed by atoms with E-state index >= 15 is 0 Å². The highest BCUT2D eigenvalue weighted by molar-refractivity contribution is 14.1. The van der Waals surface area contributed by atoms with Crippen LogP contribution in [0.25, 0.3) is 22.2 Å². The predicted octanol–water partition coefficient (Wildman–Crippen LogP) is 6.58. The Morgan fingerprint density at radius 2 is 1.85 bits per heavy atom. The Labute approximate surface area is 248 Å². The second-order valence-corrected chi connectivity index (χ2v) is 12.1. The minimum Gasteiger partial charge on any atom is -0.494 e. The van der Waals surface area contributed by atoms with Crippen LogP contribution in [0, 0.1) is 3.57 Å². The maximum Gasteiger partial charge on any atom is 0.251 e. The van der Waals surface area contributed by atoms with Crippen LogP contribution >= 0.6 is 31.8 Å². The number of methoxy groups -OCH3 is 1. The van der Waals surface area contributed by atoms with Crippen molar-refractivity contribution in [1.29, 1.82) is 0 Å². The first-order valence-electron chi connectivity index (χ1n) is 13.1. The fraction of sp³-hybridized carbons (Fsp3) is 0.333. The molecule has 1 amide bonds. The SMILES string of the molecule is COc1cc(C(=O)NC[C@H](c2cc(C(C)C)c(I)c(-c3ccc(P)cc3)n2)C(F)F)cc2cc(C3CC3)nnc12. The van der Waals surface area contributed by atoms with Crippen LogP contribution in [0.5, 0.6) is 5.75 Å². The molecule has 1 fully saturated rings. The molecule has 1 aliphatic carbocycles. The molecule has 1 saturated carbocycles. The van der Waals surface area contributed by atoms with Gasteiger partial charge in [0.25, 0.3) is 5.91 Å². The molecule has 5 rings (SSSR count). The van der Waals surface area contributed by atoms with Crippen molar-refractivity contribution in [3.63, 3.8) is 0 Å². The Bertz CT molecular complexity index is 1560. The summed E-state index contributed by atoms with van der Waals surface area (Å²) >= 11 is 2.24.